The number of alkyl carbamates (subject to hydrolysis) is 1. The molecule has 0 saturated heterocycles. The van der Waals surface area contributed by atoms with Gasteiger partial charge in [0.2, 0.25) is 0 Å². The Hall–Kier alpha value is -5.70. The normalized spacial score (nSPS) is 16.2. The first-order valence-electron chi connectivity index (χ1n) is 16.6. The van der Waals surface area contributed by atoms with Gasteiger partial charge in [0.15, 0.2) is 5.65 Å². The third kappa shape index (κ3) is 5.96. The number of ether oxygens (including phenoxy) is 2. The van der Waals surface area contributed by atoms with E-state index in [2.05, 4.69) is 34.7 Å². The molecular formula is C36H38N8O6S. The lowest BCUT2D eigenvalue weighted by Crippen LogP contribution is -2.33. The molecule has 1 aliphatic carbocycles. The standard InChI is InChI=1S/C36H38N8O6S/c1-21(2)43-29-14-11-22(15-23(29)17-39-43)30-31-32(40-25-12-13-26(16-25)41-36(46)50-5)28(35(45)49-4)19-37-34(31)44(33(30)24-18-38-42(3)20-24)51(47,48)27-9-7-6-8-10-27/h6-11,14-15,17-21,25-26H,12-13,16H2,1-5H3,(H,37,40)(H,41,46)/t25-,26-/m1/s1. The van der Waals surface area contributed by atoms with E-state index in [0.717, 1.165) is 10.9 Å². The second-order valence-corrected chi connectivity index (χ2v) is 14.7. The van der Waals surface area contributed by atoms with Gasteiger partial charge in [-0.05, 0) is 62.9 Å². The van der Waals surface area contributed by atoms with Crippen LogP contribution >= 0.6 is 0 Å². The van der Waals surface area contributed by atoms with Gasteiger partial charge in [0.25, 0.3) is 10.0 Å². The second-order valence-electron chi connectivity index (χ2n) is 12.9. The summed E-state index contributed by atoms with van der Waals surface area (Å²) in [7, 11) is 0.0769. The quantitative estimate of drug-likeness (QED) is 0.177. The minimum atomic E-state index is -4.28. The van der Waals surface area contributed by atoms with E-state index in [1.165, 1.54) is 36.5 Å². The van der Waals surface area contributed by atoms with Gasteiger partial charge in [-0.25, -0.2) is 27.0 Å². The van der Waals surface area contributed by atoms with E-state index >= 15 is 0 Å². The molecule has 264 valence electrons. The number of esters is 1. The molecule has 0 bridgehead atoms. The Kier molecular flexibility index (Phi) is 8.75. The minimum Gasteiger partial charge on any atom is -0.465 e. The van der Waals surface area contributed by atoms with Crippen molar-refractivity contribution in [2.24, 2.45) is 7.05 Å². The lowest BCUT2D eigenvalue weighted by atomic mass is 9.97. The van der Waals surface area contributed by atoms with Crippen LogP contribution in [0.5, 0.6) is 0 Å². The van der Waals surface area contributed by atoms with E-state index < -0.39 is 22.1 Å². The summed E-state index contributed by atoms with van der Waals surface area (Å²) in [5.74, 6) is -0.643. The average molecular weight is 711 g/mol. The number of aryl methyl sites for hydroxylation is 1. The average Bonchev–Trinajstić information content (AvgIpc) is 3.93. The molecule has 51 heavy (non-hydrogen) atoms. The van der Waals surface area contributed by atoms with Crippen molar-refractivity contribution in [1.82, 2.24) is 33.8 Å². The molecule has 2 aromatic carbocycles. The van der Waals surface area contributed by atoms with Crippen molar-refractivity contribution >= 4 is 49.7 Å². The van der Waals surface area contributed by atoms with E-state index in [9.17, 15) is 18.0 Å². The molecule has 7 rings (SSSR count). The van der Waals surface area contributed by atoms with Gasteiger partial charge in [0, 0.05) is 54.1 Å². The summed E-state index contributed by atoms with van der Waals surface area (Å²) < 4.78 is 44.4. The first-order valence-corrected chi connectivity index (χ1v) is 18.0. The van der Waals surface area contributed by atoms with Crippen LogP contribution in [-0.2, 0) is 26.5 Å². The molecule has 1 fully saturated rings. The van der Waals surface area contributed by atoms with E-state index in [0.29, 0.717) is 52.7 Å². The van der Waals surface area contributed by atoms with E-state index in [4.69, 9.17) is 14.5 Å². The molecule has 4 heterocycles. The topological polar surface area (TPSA) is 164 Å². The van der Waals surface area contributed by atoms with Gasteiger partial charge >= 0.3 is 12.1 Å². The number of carbonyl (C=O) groups is 2. The molecule has 0 unspecified atom stereocenters. The number of carbonyl (C=O) groups excluding carboxylic acids is 2. The van der Waals surface area contributed by atoms with Gasteiger partial charge in [-0.15, -0.1) is 0 Å². The van der Waals surface area contributed by atoms with Gasteiger partial charge in [-0.2, -0.15) is 10.2 Å². The highest BCUT2D eigenvalue weighted by Crippen LogP contribution is 2.47. The molecule has 1 saturated carbocycles. The number of benzene rings is 2. The van der Waals surface area contributed by atoms with Crippen LogP contribution in [0.1, 0.15) is 49.5 Å². The number of rotatable bonds is 9. The molecule has 4 aromatic heterocycles. The van der Waals surface area contributed by atoms with Crippen LogP contribution in [-0.4, -0.2) is 75.3 Å². The Balaban J connectivity index is 1.57. The largest absolute Gasteiger partial charge is 0.465 e. The van der Waals surface area contributed by atoms with E-state index in [1.807, 2.05) is 22.9 Å². The van der Waals surface area contributed by atoms with E-state index in [1.54, 1.807) is 48.5 Å². The van der Waals surface area contributed by atoms with Gasteiger partial charge in [0.05, 0.1) is 53.8 Å². The molecule has 1 aliphatic rings. The summed E-state index contributed by atoms with van der Waals surface area (Å²) >= 11 is 0. The van der Waals surface area contributed by atoms with Crippen molar-refractivity contribution < 1.29 is 27.5 Å². The number of amides is 1. The minimum absolute atomic E-state index is 0.0631. The zero-order valence-corrected chi connectivity index (χ0v) is 29.6. The van der Waals surface area contributed by atoms with Gasteiger partial charge in [0.1, 0.15) is 5.56 Å². The lowest BCUT2D eigenvalue weighted by Gasteiger charge is -2.19. The molecule has 2 atom stereocenters. The van der Waals surface area contributed by atoms with Crippen LogP contribution < -0.4 is 10.6 Å². The van der Waals surface area contributed by atoms with Crippen LogP contribution in [0.4, 0.5) is 10.5 Å². The Morgan fingerprint density at radius 2 is 1.71 bits per heavy atom. The summed E-state index contributed by atoms with van der Waals surface area (Å²) in [6, 6.07) is 13.8. The van der Waals surface area contributed by atoms with Crippen LogP contribution in [0.15, 0.2) is 78.2 Å². The molecule has 1 amide bonds. The second kappa shape index (κ2) is 13.2. The fourth-order valence-corrected chi connectivity index (χ4v) is 8.46. The third-order valence-corrected chi connectivity index (χ3v) is 11.0. The molecule has 6 aromatic rings. The van der Waals surface area contributed by atoms with Gasteiger partial charge in [-0.3, -0.25) is 9.36 Å². The number of fused-ring (bicyclic) bond motifs is 2. The third-order valence-electron chi connectivity index (χ3n) is 9.27. The smallest absolute Gasteiger partial charge is 0.407 e. The maximum absolute atomic E-state index is 14.8. The maximum atomic E-state index is 14.8. The zero-order valence-electron chi connectivity index (χ0n) is 28.8. The Bertz CT molecular complexity index is 2400. The predicted molar refractivity (Wildman–Crippen MR) is 192 cm³/mol. The Morgan fingerprint density at radius 3 is 2.39 bits per heavy atom. The summed E-state index contributed by atoms with van der Waals surface area (Å²) in [6.07, 6.45) is 7.83. The monoisotopic (exact) mass is 710 g/mol. The van der Waals surface area contributed by atoms with Crippen molar-refractivity contribution in [2.75, 3.05) is 19.5 Å². The summed E-state index contributed by atoms with van der Waals surface area (Å²) in [5, 5.41) is 16.7. The molecular weight excluding hydrogens is 673 g/mol. The number of aromatic nitrogens is 6. The predicted octanol–water partition coefficient (Wildman–Crippen LogP) is 5.75. The molecule has 0 spiro atoms. The number of nitrogens with one attached hydrogen (secondary N) is 2. The Labute approximate surface area is 294 Å². The maximum Gasteiger partial charge on any atom is 0.407 e. The number of nitrogens with zero attached hydrogens (tertiary/aromatic N) is 6. The number of anilines is 1. The highest BCUT2D eigenvalue weighted by molar-refractivity contribution is 7.90. The summed E-state index contributed by atoms with van der Waals surface area (Å²) in [6.45, 7) is 4.10. The summed E-state index contributed by atoms with van der Waals surface area (Å²) in [5.41, 5.74) is 3.60. The van der Waals surface area contributed by atoms with Crippen LogP contribution in [0.3, 0.4) is 0 Å². The van der Waals surface area contributed by atoms with Crippen molar-refractivity contribution in [3.8, 4) is 22.4 Å². The Morgan fingerprint density at radius 1 is 0.941 bits per heavy atom. The molecule has 0 aliphatic heterocycles. The van der Waals surface area contributed by atoms with Gasteiger partial charge < -0.3 is 20.1 Å². The zero-order chi connectivity index (χ0) is 36.0. The highest BCUT2D eigenvalue weighted by atomic mass is 32.2. The van der Waals surface area contributed by atoms with Crippen molar-refractivity contribution in [2.45, 2.75) is 56.1 Å². The number of pyridine rings is 1. The van der Waals surface area contributed by atoms with Crippen molar-refractivity contribution in [3.63, 3.8) is 0 Å². The lowest BCUT2D eigenvalue weighted by molar-refractivity contribution is 0.0601. The SMILES string of the molecule is COC(=O)N[C@@H]1CC[C@@H](Nc2c(C(=O)OC)cnc3c2c(-c2ccc4c(cnn4C(C)C)c2)c(-c2cnn(C)c2)n3S(=O)(=O)c2ccccc2)C1. The fourth-order valence-electron chi connectivity index (χ4n) is 6.94. The molecule has 15 heteroatoms. The van der Waals surface area contributed by atoms with E-state index in [-0.39, 0.29) is 34.2 Å². The molecule has 0 radical (unpaired) electrons. The van der Waals surface area contributed by atoms with Crippen LogP contribution in [0.25, 0.3) is 44.3 Å². The number of hydrogen-bond acceptors (Lipinski definition) is 10. The first kappa shape index (κ1) is 33.8. The van der Waals surface area contributed by atoms with Crippen LogP contribution in [0, 0.1) is 0 Å². The van der Waals surface area contributed by atoms with Gasteiger partial charge in [-0.1, -0.05) is 24.3 Å². The molecule has 14 nitrogen and oxygen atoms in total. The van der Waals surface area contributed by atoms with Crippen molar-refractivity contribution in [1.29, 1.82) is 0 Å². The number of methoxy groups -OCH3 is 2. The van der Waals surface area contributed by atoms with Crippen LogP contribution in [0.2, 0.25) is 0 Å². The highest BCUT2D eigenvalue weighted by Gasteiger charge is 2.35. The number of hydrogen-bond donors (Lipinski definition) is 2. The fraction of sp³-hybridized carbons (Fsp3) is 0.306. The first-order chi connectivity index (χ1) is 24.5. The van der Waals surface area contributed by atoms with Crippen molar-refractivity contribution in [3.05, 3.63) is 78.9 Å². The summed E-state index contributed by atoms with van der Waals surface area (Å²) in [4.78, 5) is 30.2. The molecule has 2 N–H and O–H groups in total.